The maximum Gasteiger partial charge on any atom is 0.254 e. The number of anilines is 2. The van der Waals surface area contributed by atoms with E-state index in [0.717, 1.165) is 49.6 Å². The van der Waals surface area contributed by atoms with Crippen molar-refractivity contribution < 1.29 is 13.9 Å². The highest BCUT2D eigenvalue weighted by Crippen LogP contribution is 2.29. The zero-order valence-electron chi connectivity index (χ0n) is 20.9. The molecule has 0 radical (unpaired) electrons. The lowest BCUT2D eigenvalue weighted by Gasteiger charge is -2.34. The van der Waals surface area contributed by atoms with Gasteiger partial charge in [-0.3, -0.25) is 9.78 Å². The van der Waals surface area contributed by atoms with Gasteiger partial charge >= 0.3 is 0 Å². The van der Waals surface area contributed by atoms with Crippen LogP contribution in [0.4, 0.5) is 15.9 Å². The standard InChI is InChI=1S/C27H33FN6O2/c1-3-32-7-9-34(10-8-32)27(35)20-15-23(19(2)30-22-6-4-5-21(28)17-22)26-24(16-20)29-18-25(31-26)33-11-13-36-14-12-33/h4-6,15-19,30H,3,7-14H2,1-2H3. The Morgan fingerprint density at radius 3 is 2.61 bits per heavy atom. The fraction of sp³-hybridized carbons (Fsp3) is 0.444. The van der Waals surface area contributed by atoms with Gasteiger partial charge in [-0.05, 0) is 43.8 Å². The zero-order chi connectivity index (χ0) is 25.1. The molecule has 1 aromatic heterocycles. The van der Waals surface area contributed by atoms with Crippen molar-refractivity contribution in [3.05, 3.63) is 59.5 Å². The van der Waals surface area contributed by atoms with Crippen LogP contribution in [-0.2, 0) is 4.74 Å². The molecule has 0 saturated carbocycles. The van der Waals surface area contributed by atoms with Crippen LogP contribution in [0.3, 0.4) is 0 Å². The summed E-state index contributed by atoms with van der Waals surface area (Å²) in [6, 6.07) is 9.93. The number of nitrogens with one attached hydrogen (secondary N) is 1. The number of benzene rings is 2. The van der Waals surface area contributed by atoms with Crippen LogP contribution in [0.15, 0.2) is 42.6 Å². The van der Waals surface area contributed by atoms with Gasteiger partial charge in [0.2, 0.25) is 0 Å². The topological polar surface area (TPSA) is 73.8 Å². The predicted molar refractivity (Wildman–Crippen MR) is 139 cm³/mol. The SMILES string of the molecule is CCN1CCN(C(=O)c2cc(C(C)Nc3cccc(F)c3)c3nc(N4CCOCC4)cnc3c2)CC1. The Hall–Kier alpha value is -3.30. The van der Waals surface area contributed by atoms with Crippen LogP contribution in [-0.4, -0.2) is 84.7 Å². The van der Waals surface area contributed by atoms with Gasteiger partial charge in [-0.25, -0.2) is 9.37 Å². The van der Waals surface area contributed by atoms with Gasteiger partial charge in [0.05, 0.1) is 36.5 Å². The van der Waals surface area contributed by atoms with Crippen LogP contribution < -0.4 is 10.2 Å². The van der Waals surface area contributed by atoms with Crippen molar-refractivity contribution in [2.24, 2.45) is 0 Å². The third-order valence-corrected chi connectivity index (χ3v) is 7.03. The first-order valence-electron chi connectivity index (χ1n) is 12.7. The second-order valence-corrected chi connectivity index (χ2v) is 9.36. The Kier molecular flexibility index (Phi) is 7.29. The summed E-state index contributed by atoms with van der Waals surface area (Å²) in [6.07, 6.45) is 1.77. The van der Waals surface area contributed by atoms with Crippen LogP contribution in [0.25, 0.3) is 11.0 Å². The Morgan fingerprint density at radius 1 is 1.11 bits per heavy atom. The van der Waals surface area contributed by atoms with Crippen molar-refractivity contribution in [3.63, 3.8) is 0 Å². The molecule has 0 bridgehead atoms. The molecule has 190 valence electrons. The van der Waals surface area contributed by atoms with Crippen molar-refractivity contribution in [1.29, 1.82) is 0 Å². The van der Waals surface area contributed by atoms with Crippen LogP contribution in [0.2, 0.25) is 0 Å². The molecule has 0 aliphatic carbocycles. The van der Waals surface area contributed by atoms with E-state index in [0.29, 0.717) is 43.1 Å². The molecule has 2 aromatic carbocycles. The second-order valence-electron chi connectivity index (χ2n) is 9.36. The maximum absolute atomic E-state index is 13.8. The van der Waals surface area contributed by atoms with E-state index < -0.39 is 0 Å². The number of hydrogen-bond acceptors (Lipinski definition) is 7. The molecule has 3 heterocycles. The molecule has 1 amide bonds. The van der Waals surface area contributed by atoms with Gasteiger partial charge in [0.25, 0.3) is 5.91 Å². The van der Waals surface area contributed by atoms with Gasteiger partial charge in [-0.2, -0.15) is 0 Å². The molecule has 2 aliphatic rings. The Labute approximate surface area is 211 Å². The number of ether oxygens (including phenoxy) is 1. The summed E-state index contributed by atoms with van der Waals surface area (Å²) in [6.45, 7) is 11.1. The van der Waals surface area contributed by atoms with E-state index in [1.54, 1.807) is 12.3 Å². The molecule has 3 aromatic rings. The minimum absolute atomic E-state index is 0.00548. The highest BCUT2D eigenvalue weighted by molar-refractivity contribution is 5.98. The number of carbonyl (C=O) groups excluding carboxylic acids is 1. The van der Waals surface area contributed by atoms with E-state index in [1.165, 1.54) is 12.1 Å². The number of fused-ring (bicyclic) bond motifs is 1. The largest absolute Gasteiger partial charge is 0.378 e. The van der Waals surface area contributed by atoms with Crippen LogP contribution in [0.1, 0.15) is 35.8 Å². The first-order chi connectivity index (χ1) is 17.5. The van der Waals surface area contributed by atoms with Gasteiger partial charge in [0.15, 0.2) is 0 Å². The van der Waals surface area contributed by atoms with Gasteiger partial charge < -0.3 is 24.8 Å². The smallest absolute Gasteiger partial charge is 0.254 e. The average molecular weight is 493 g/mol. The molecule has 5 rings (SSSR count). The van der Waals surface area contributed by atoms with Gasteiger partial charge in [0.1, 0.15) is 11.6 Å². The number of piperazine rings is 1. The van der Waals surface area contributed by atoms with E-state index in [2.05, 4.69) is 22.0 Å². The van der Waals surface area contributed by atoms with E-state index in [-0.39, 0.29) is 17.8 Å². The molecule has 8 nitrogen and oxygen atoms in total. The van der Waals surface area contributed by atoms with Crippen LogP contribution in [0.5, 0.6) is 0 Å². The molecule has 2 aliphatic heterocycles. The third-order valence-electron chi connectivity index (χ3n) is 7.03. The molecule has 0 spiro atoms. The number of aromatic nitrogens is 2. The Bertz CT molecular complexity index is 1220. The maximum atomic E-state index is 13.8. The number of hydrogen-bond donors (Lipinski definition) is 1. The Morgan fingerprint density at radius 2 is 1.89 bits per heavy atom. The number of rotatable bonds is 6. The number of halogens is 1. The minimum atomic E-state index is -0.304. The molecular weight excluding hydrogens is 459 g/mol. The number of carbonyl (C=O) groups is 1. The molecule has 2 fully saturated rings. The predicted octanol–water partition coefficient (Wildman–Crippen LogP) is 3.56. The number of nitrogens with zero attached hydrogens (tertiary/aromatic N) is 5. The van der Waals surface area contributed by atoms with Gasteiger partial charge in [0, 0.05) is 56.1 Å². The highest BCUT2D eigenvalue weighted by atomic mass is 19.1. The molecule has 36 heavy (non-hydrogen) atoms. The summed E-state index contributed by atoms with van der Waals surface area (Å²) in [5.41, 5.74) is 3.54. The summed E-state index contributed by atoms with van der Waals surface area (Å²) < 4.78 is 19.3. The summed E-state index contributed by atoms with van der Waals surface area (Å²) in [5, 5.41) is 3.38. The number of likely N-dealkylation sites (N-methyl/N-ethyl adjacent to an activating group) is 1. The van der Waals surface area contributed by atoms with Crippen LogP contribution in [0, 0.1) is 5.82 Å². The quantitative estimate of drug-likeness (QED) is 0.564. The van der Waals surface area contributed by atoms with Gasteiger partial charge in [-0.1, -0.05) is 13.0 Å². The van der Waals surface area contributed by atoms with Crippen molar-refractivity contribution >= 4 is 28.4 Å². The third kappa shape index (κ3) is 5.27. The van der Waals surface area contributed by atoms with E-state index in [9.17, 15) is 9.18 Å². The molecule has 2 saturated heterocycles. The van der Waals surface area contributed by atoms with E-state index in [1.807, 2.05) is 30.0 Å². The lowest BCUT2D eigenvalue weighted by atomic mass is 10.0. The number of amides is 1. The first-order valence-corrected chi connectivity index (χ1v) is 12.7. The fourth-order valence-electron chi connectivity index (χ4n) is 4.89. The Balaban J connectivity index is 1.51. The van der Waals surface area contributed by atoms with Crippen molar-refractivity contribution in [2.75, 3.05) is 69.2 Å². The molecular formula is C27H33FN6O2. The summed E-state index contributed by atoms with van der Waals surface area (Å²) >= 11 is 0. The van der Waals surface area contributed by atoms with Crippen molar-refractivity contribution in [2.45, 2.75) is 19.9 Å². The molecule has 1 N–H and O–H groups in total. The van der Waals surface area contributed by atoms with Crippen LogP contribution >= 0.6 is 0 Å². The lowest BCUT2D eigenvalue weighted by molar-refractivity contribution is 0.0643. The second kappa shape index (κ2) is 10.8. The fourth-order valence-corrected chi connectivity index (χ4v) is 4.89. The summed E-state index contributed by atoms with van der Waals surface area (Å²) in [4.78, 5) is 29.6. The molecule has 1 atom stereocenters. The first kappa shape index (κ1) is 24.4. The minimum Gasteiger partial charge on any atom is -0.378 e. The van der Waals surface area contributed by atoms with Gasteiger partial charge in [-0.15, -0.1) is 0 Å². The summed E-state index contributed by atoms with van der Waals surface area (Å²) in [7, 11) is 0. The zero-order valence-corrected chi connectivity index (χ0v) is 20.9. The van der Waals surface area contributed by atoms with Crippen molar-refractivity contribution in [1.82, 2.24) is 19.8 Å². The van der Waals surface area contributed by atoms with Crippen molar-refractivity contribution in [3.8, 4) is 0 Å². The normalized spacial score (nSPS) is 17.9. The number of morpholine rings is 1. The van der Waals surface area contributed by atoms with E-state index in [4.69, 9.17) is 14.7 Å². The monoisotopic (exact) mass is 492 g/mol. The summed E-state index contributed by atoms with van der Waals surface area (Å²) in [5.74, 6) is 0.493. The molecule has 9 heteroatoms. The highest BCUT2D eigenvalue weighted by Gasteiger charge is 2.24. The van der Waals surface area contributed by atoms with E-state index >= 15 is 0 Å². The molecule has 1 unspecified atom stereocenters. The average Bonchev–Trinajstić information content (AvgIpc) is 2.92. The lowest BCUT2D eigenvalue weighted by Crippen LogP contribution is -2.48.